The molecule has 1 aromatic heterocycles. The van der Waals surface area contributed by atoms with Crippen LogP contribution in [0.25, 0.3) is 0 Å². The van der Waals surface area contributed by atoms with E-state index in [1.165, 1.54) is 6.92 Å². The number of pyridine rings is 1. The zero-order valence-electron chi connectivity index (χ0n) is 15.1. The maximum Gasteiger partial charge on any atom is 0.235 e. The van der Waals surface area contributed by atoms with Gasteiger partial charge >= 0.3 is 0 Å². The zero-order valence-corrected chi connectivity index (χ0v) is 15.1. The average molecular weight is 345 g/mol. The van der Waals surface area contributed by atoms with Gasteiger partial charge in [-0.05, 0) is 37.3 Å². The SMILES string of the molecule is CC(=O)[C@@H]1CNC[C@H](C(=O)N(c2ccc(C(C)C)cn2)C2CC2)[C@@H]1O. The lowest BCUT2D eigenvalue weighted by molar-refractivity contribution is -0.134. The van der Waals surface area contributed by atoms with Crippen molar-refractivity contribution in [2.75, 3.05) is 18.0 Å². The summed E-state index contributed by atoms with van der Waals surface area (Å²) in [6.45, 7) is 6.48. The maximum absolute atomic E-state index is 13.2. The number of nitrogens with one attached hydrogen (secondary N) is 1. The molecule has 25 heavy (non-hydrogen) atoms. The number of aliphatic hydroxyl groups is 1. The van der Waals surface area contributed by atoms with Gasteiger partial charge in [0.15, 0.2) is 0 Å². The van der Waals surface area contributed by atoms with Gasteiger partial charge in [0.05, 0.1) is 17.9 Å². The van der Waals surface area contributed by atoms with Crippen molar-refractivity contribution >= 4 is 17.5 Å². The topological polar surface area (TPSA) is 82.5 Å². The number of anilines is 1. The Morgan fingerprint density at radius 3 is 2.44 bits per heavy atom. The van der Waals surface area contributed by atoms with Crippen LogP contribution in [-0.2, 0) is 9.59 Å². The van der Waals surface area contributed by atoms with Crippen LogP contribution in [0.1, 0.15) is 45.1 Å². The van der Waals surface area contributed by atoms with E-state index in [4.69, 9.17) is 0 Å². The van der Waals surface area contributed by atoms with Crippen molar-refractivity contribution in [3.8, 4) is 0 Å². The predicted octanol–water partition coefficient (Wildman–Crippen LogP) is 1.49. The minimum Gasteiger partial charge on any atom is -0.391 e. The van der Waals surface area contributed by atoms with E-state index in [0.717, 1.165) is 18.4 Å². The van der Waals surface area contributed by atoms with Crippen LogP contribution in [0, 0.1) is 11.8 Å². The molecule has 2 aliphatic rings. The monoisotopic (exact) mass is 345 g/mol. The molecule has 1 aliphatic heterocycles. The van der Waals surface area contributed by atoms with Crippen LogP contribution in [-0.4, -0.2) is 47.0 Å². The van der Waals surface area contributed by atoms with E-state index in [2.05, 4.69) is 24.1 Å². The molecule has 2 fully saturated rings. The lowest BCUT2D eigenvalue weighted by atomic mass is 9.84. The van der Waals surface area contributed by atoms with Crippen LogP contribution < -0.4 is 10.2 Å². The van der Waals surface area contributed by atoms with Gasteiger partial charge in [-0.2, -0.15) is 0 Å². The summed E-state index contributed by atoms with van der Waals surface area (Å²) in [7, 11) is 0. The van der Waals surface area contributed by atoms with Gasteiger partial charge in [-0.1, -0.05) is 19.9 Å². The van der Waals surface area contributed by atoms with Crippen LogP contribution in [0.5, 0.6) is 0 Å². The minimum atomic E-state index is -0.942. The summed E-state index contributed by atoms with van der Waals surface area (Å²) < 4.78 is 0. The average Bonchev–Trinajstić information content (AvgIpc) is 3.40. The Balaban J connectivity index is 1.83. The van der Waals surface area contributed by atoms with E-state index < -0.39 is 17.9 Å². The third-order valence-corrected chi connectivity index (χ3v) is 5.23. The Bertz CT molecular complexity index is 640. The van der Waals surface area contributed by atoms with Gasteiger partial charge in [0.2, 0.25) is 5.91 Å². The number of aromatic nitrogens is 1. The largest absolute Gasteiger partial charge is 0.391 e. The molecule has 6 heteroatoms. The zero-order chi connectivity index (χ0) is 18.1. The number of amides is 1. The molecule has 1 amide bonds. The molecule has 0 aromatic carbocycles. The summed E-state index contributed by atoms with van der Waals surface area (Å²) in [5, 5.41) is 13.7. The molecule has 0 spiro atoms. The summed E-state index contributed by atoms with van der Waals surface area (Å²) in [4.78, 5) is 31.1. The standard InChI is InChI=1S/C19H27N3O3/c1-11(2)13-4-7-17(21-8-13)22(14-5-6-14)19(25)16-10-20-9-15(12(3)23)18(16)24/h4,7-8,11,14-16,18,20,24H,5-6,9-10H2,1-3H3/t15-,16-,18+/m0/s1. The number of hydrogen-bond donors (Lipinski definition) is 2. The normalized spacial score (nSPS) is 26.5. The third kappa shape index (κ3) is 3.75. The molecule has 0 bridgehead atoms. The molecule has 1 aliphatic carbocycles. The van der Waals surface area contributed by atoms with Crippen LogP contribution >= 0.6 is 0 Å². The number of carbonyl (C=O) groups excluding carboxylic acids is 2. The van der Waals surface area contributed by atoms with Crippen molar-refractivity contribution in [1.82, 2.24) is 10.3 Å². The number of Topliss-reactive ketones (excluding diaryl/α,β-unsaturated/α-hetero) is 1. The van der Waals surface area contributed by atoms with Crippen molar-refractivity contribution < 1.29 is 14.7 Å². The van der Waals surface area contributed by atoms with E-state index >= 15 is 0 Å². The quantitative estimate of drug-likeness (QED) is 0.845. The molecule has 3 atom stereocenters. The minimum absolute atomic E-state index is 0.0881. The van der Waals surface area contributed by atoms with Crippen LogP contribution in [0.4, 0.5) is 5.82 Å². The Labute approximate surface area is 148 Å². The van der Waals surface area contributed by atoms with Gasteiger partial charge in [-0.25, -0.2) is 4.98 Å². The highest BCUT2D eigenvalue weighted by Crippen LogP contribution is 2.34. The third-order valence-electron chi connectivity index (χ3n) is 5.23. The molecule has 2 heterocycles. The Hall–Kier alpha value is -1.79. The maximum atomic E-state index is 13.2. The number of ketones is 1. The second-order valence-corrected chi connectivity index (χ2v) is 7.52. The predicted molar refractivity (Wildman–Crippen MR) is 95.4 cm³/mol. The van der Waals surface area contributed by atoms with Crippen molar-refractivity contribution in [1.29, 1.82) is 0 Å². The number of nitrogens with zero attached hydrogens (tertiary/aromatic N) is 2. The highest BCUT2D eigenvalue weighted by molar-refractivity contribution is 5.96. The van der Waals surface area contributed by atoms with E-state index in [1.807, 2.05) is 18.3 Å². The van der Waals surface area contributed by atoms with Crippen LogP contribution in [0.15, 0.2) is 18.3 Å². The molecule has 136 valence electrons. The number of hydrogen-bond acceptors (Lipinski definition) is 5. The van der Waals surface area contributed by atoms with E-state index in [9.17, 15) is 14.7 Å². The summed E-state index contributed by atoms with van der Waals surface area (Å²) in [5.41, 5.74) is 1.13. The first kappa shape index (κ1) is 18.0. The van der Waals surface area contributed by atoms with E-state index in [-0.39, 0.29) is 17.7 Å². The highest BCUT2D eigenvalue weighted by atomic mass is 16.3. The van der Waals surface area contributed by atoms with Gasteiger partial charge in [-0.3, -0.25) is 14.5 Å². The van der Waals surface area contributed by atoms with Gasteiger partial charge in [0.1, 0.15) is 11.6 Å². The van der Waals surface area contributed by atoms with Gasteiger partial charge in [0.25, 0.3) is 0 Å². The first-order valence-electron chi connectivity index (χ1n) is 9.08. The van der Waals surface area contributed by atoms with Crippen molar-refractivity contribution in [3.05, 3.63) is 23.9 Å². The second-order valence-electron chi connectivity index (χ2n) is 7.52. The van der Waals surface area contributed by atoms with Crippen LogP contribution in [0.3, 0.4) is 0 Å². The number of rotatable bonds is 5. The van der Waals surface area contributed by atoms with E-state index in [1.54, 1.807) is 4.90 Å². The Morgan fingerprint density at radius 1 is 1.24 bits per heavy atom. The summed E-state index contributed by atoms with van der Waals surface area (Å²) >= 11 is 0. The molecule has 0 radical (unpaired) electrons. The summed E-state index contributed by atoms with van der Waals surface area (Å²) in [6.07, 6.45) is 2.77. The molecule has 1 aromatic rings. The molecular weight excluding hydrogens is 318 g/mol. The molecular formula is C19H27N3O3. The number of carbonyl (C=O) groups is 2. The molecule has 0 unspecified atom stereocenters. The van der Waals surface area contributed by atoms with Crippen LogP contribution in [0.2, 0.25) is 0 Å². The highest BCUT2D eigenvalue weighted by Gasteiger charge is 2.44. The number of piperidine rings is 1. The molecule has 1 saturated heterocycles. The van der Waals surface area contributed by atoms with Crippen molar-refractivity contribution in [2.24, 2.45) is 11.8 Å². The molecule has 3 rings (SSSR count). The first-order valence-corrected chi connectivity index (χ1v) is 9.08. The Kier molecular flexibility index (Phi) is 5.20. The molecule has 2 N–H and O–H groups in total. The van der Waals surface area contributed by atoms with Gasteiger partial charge in [0, 0.05) is 25.3 Å². The summed E-state index contributed by atoms with van der Waals surface area (Å²) in [5.74, 6) is -0.357. The lowest BCUT2D eigenvalue weighted by Gasteiger charge is -2.36. The molecule has 6 nitrogen and oxygen atoms in total. The smallest absolute Gasteiger partial charge is 0.235 e. The van der Waals surface area contributed by atoms with Crippen molar-refractivity contribution in [2.45, 2.75) is 51.7 Å². The van der Waals surface area contributed by atoms with E-state index in [0.29, 0.717) is 24.8 Å². The first-order chi connectivity index (χ1) is 11.9. The summed E-state index contributed by atoms with van der Waals surface area (Å²) in [6, 6.07) is 4.04. The molecule has 1 saturated carbocycles. The number of aliphatic hydroxyl groups excluding tert-OH is 1. The fraction of sp³-hybridized carbons (Fsp3) is 0.632. The Morgan fingerprint density at radius 2 is 1.92 bits per heavy atom. The van der Waals surface area contributed by atoms with Crippen molar-refractivity contribution in [3.63, 3.8) is 0 Å². The second kappa shape index (κ2) is 7.22. The fourth-order valence-electron chi connectivity index (χ4n) is 3.41. The fourth-order valence-corrected chi connectivity index (χ4v) is 3.41. The van der Waals surface area contributed by atoms with Gasteiger partial charge < -0.3 is 10.4 Å². The van der Waals surface area contributed by atoms with Gasteiger partial charge in [-0.15, -0.1) is 0 Å². The lowest BCUT2D eigenvalue weighted by Crippen LogP contribution is -2.56.